The molecule has 2 aromatic heterocycles. The maximum Gasteiger partial charge on any atom is 0.414 e. The summed E-state index contributed by atoms with van der Waals surface area (Å²) in [6.45, 7) is 1.53. The van der Waals surface area contributed by atoms with Gasteiger partial charge in [0.25, 0.3) is 5.91 Å². The van der Waals surface area contributed by atoms with Gasteiger partial charge in [-0.3, -0.25) is 9.78 Å². The molecule has 0 saturated carbocycles. The van der Waals surface area contributed by atoms with Crippen molar-refractivity contribution in [3.8, 4) is 0 Å². The number of carbonyl (C=O) groups excluding carboxylic acids is 1. The second kappa shape index (κ2) is 6.81. The number of anilines is 1. The molecule has 0 aliphatic heterocycles. The molecule has 1 amide bonds. The van der Waals surface area contributed by atoms with Crippen molar-refractivity contribution < 1.29 is 18.0 Å². The third kappa shape index (κ3) is 3.98. The molecule has 2 heterocycles. The normalized spacial score (nSPS) is 12.6. The zero-order valence-corrected chi connectivity index (χ0v) is 13.3. The number of aromatic nitrogens is 3. The van der Waals surface area contributed by atoms with Gasteiger partial charge in [0.2, 0.25) is 5.95 Å². The molecule has 6 nitrogen and oxygen atoms in total. The second-order valence-electron chi connectivity index (χ2n) is 5.27. The molecule has 128 valence electrons. The van der Waals surface area contributed by atoms with Crippen LogP contribution in [-0.4, -0.2) is 41.1 Å². The summed E-state index contributed by atoms with van der Waals surface area (Å²) in [5, 5.41) is 1.96. The highest BCUT2D eigenvalue weighted by molar-refractivity contribution is 5.95. The van der Waals surface area contributed by atoms with Crippen LogP contribution < -0.4 is 10.2 Å². The SMILES string of the molecule is Cc1nc(N(C)C)ncc1C(=O)N[C@H](c1ccccn1)C(F)(F)F. The molecule has 0 aliphatic rings. The van der Waals surface area contributed by atoms with Gasteiger partial charge in [0.05, 0.1) is 17.0 Å². The number of alkyl halides is 3. The Morgan fingerprint density at radius 1 is 1.25 bits per heavy atom. The highest BCUT2D eigenvalue weighted by Gasteiger charge is 2.43. The van der Waals surface area contributed by atoms with Crippen LogP contribution in [0.3, 0.4) is 0 Å². The van der Waals surface area contributed by atoms with Crippen molar-refractivity contribution in [2.75, 3.05) is 19.0 Å². The van der Waals surface area contributed by atoms with E-state index in [4.69, 9.17) is 0 Å². The fourth-order valence-corrected chi connectivity index (χ4v) is 1.97. The van der Waals surface area contributed by atoms with E-state index in [2.05, 4.69) is 15.0 Å². The van der Waals surface area contributed by atoms with Gasteiger partial charge in [-0.25, -0.2) is 9.97 Å². The summed E-state index contributed by atoms with van der Waals surface area (Å²) in [5.41, 5.74) is -0.0271. The van der Waals surface area contributed by atoms with Crippen molar-refractivity contribution in [3.05, 3.63) is 47.5 Å². The van der Waals surface area contributed by atoms with Gasteiger partial charge in [0.15, 0.2) is 6.04 Å². The van der Waals surface area contributed by atoms with Crippen LogP contribution >= 0.6 is 0 Å². The second-order valence-corrected chi connectivity index (χ2v) is 5.27. The summed E-state index contributed by atoms with van der Waals surface area (Å²) in [6.07, 6.45) is -2.23. The van der Waals surface area contributed by atoms with E-state index in [-0.39, 0.29) is 17.0 Å². The first-order chi connectivity index (χ1) is 11.2. The lowest BCUT2D eigenvalue weighted by Crippen LogP contribution is -2.39. The van der Waals surface area contributed by atoms with Crippen molar-refractivity contribution in [2.45, 2.75) is 19.1 Å². The number of halogens is 3. The number of hydrogen-bond donors (Lipinski definition) is 1. The predicted octanol–water partition coefficient (Wildman–Crippen LogP) is 2.28. The van der Waals surface area contributed by atoms with Gasteiger partial charge >= 0.3 is 6.18 Å². The molecule has 2 rings (SSSR count). The molecular weight excluding hydrogens is 323 g/mol. The van der Waals surface area contributed by atoms with Crippen LogP contribution in [-0.2, 0) is 0 Å². The molecule has 0 aromatic carbocycles. The van der Waals surface area contributed by atoms with Crippen molar-refractivity contribution in [1.29, 1.82) is 0 Å². The summed E-state index contributed by atoms with van der Waals surface area (Å²) in [6, 6.07) is 1.92. The Balaban J connectivity index is 2.29. The molecule has 0 fully saturated rings. The summed E-state index contributed by atoms with van der Waals surface area (Å²) in [7, 11) is 3.44. The van der Waals surface area contributed by atoms with Crippen molar-refractivity contribution in [1.82, 2.24) is 20.3 Å². The van der Waals surface area contributed by atoms with Crippen LogP contribution in [0.4, 0.5) is 19.1 Å². The molecule has 0 saturated heterocycles. The van der Waals surface area contributed by atoms with E-state index in [0.29, 0.717) is 5.95 Å². The molecule has 2 aromatic rings. The van der Waals surface area contributed by atoms with Gasteiger partial charge in [-0.15, -0.1) is 0 Å². The summed E-state index contributed by atoms with van der Waals surface area (Å²) in [4.78, 5) is 25.6. The lowest BCUT2D eigenvalue weighted by molar-refractivity contribution is -0.156. The highest BCUT2D eigenvalue weighted by atomic mass is 19.4. The fraction of sp³-hybridized carbons (Fsp3) is 0.333. The Bertz CT molecular complexity index is 719. The minimum Gasteiger partial charge on any atom is -0.347 e. The number of pyridine rings is 1. The van der Waals surface area contributed by atoms with Crippen LogP contribution in [0.1, 0.15) is 27.8 Å². The van der Waals surface area contributed by atoms with E-state index in [1.165, 1.54) is 37.5 Å². The number of hydrogen-bond acceptors (Lipinski definition) is 5. The van der Waals surface area contributed by atoms with Crippen LogP contribution in [0.15, 0.2) is 30.6 Å². The van der Waals surface area contributed by atoms with Crippen LogP contribution in [0, 0.1) is 6.92 Å². The number of aryl methyl sites for hydroxylation is 1. The maximum absolute atomic E-state index is 13.3. The topological polar surface area (TPSA) is 71.0 Å². The zero-order chi connectivity index (χ0) is 17.9. The molecule has 1 N–H and O–H groups in total. The van der Waals surface area contributed by atoms with Crippen LogP contribution in [0.2, 0.25) is 0 Å². The Morgan fingerprint density at radius 2 is 1.96 bits per heavy atom. The number of nitrogens with zero attached hydrogens (tertiary/aromatic N) is 4. The van der Waals surface area contributed by atoms with Crippen molar-refractivity contribution >= 4 is 11.9 Å². The minimum absolute atomic E-state index is 0.0224. The Morgan fingerprint density at radius 3 is 2.46 bits per heavy atom. The quantitative estimate of drug-likeness (QED) is 0.925. The summed E-state index contributed by atoms with van der Waals surface area (Å²) in [5.74, 6) is -0.549. The van der Waals surface area contributed by atoms with E-state index in [0.717, 1.165) is 0 Å². The van der Waals surface area contributed by atoms with E-state index >= 15 is 0 Å². The molecule has 1 atom stereocenters. The molecule has 0 aliphatic carbocycles. The van der Waals surface area contributed by atoms with Gasteiger partial charge in [0.1, 0.15) is 0 Å². The van der Waals surface area contributed by atoms with Gasteiger partial charge in [-0.05, 0) is 19.1 Å². The monoisotopic (exact) mass is 339 g/mol. The van der Waals surface area contributed by atoms with Crippen molar-refractivity contribution in [3.63, 3.8) is 0 Å². The molecule has 0 spiro atoms. The molecule has 9 heteroatoms. The molecule has 0 radical (unpaired) electrons. The maximum atomic E-state index is 13.3. The summed E-state index contributed by atoms with van der Waals surface area (Å²) < 4.78 is 39.8. The Kier molecular flexibility index (Phi) is 5.01. The lowest BCUT2D eigenvalue weighted by Gasteiger charge is -2.21. The average Bonchev–Trinajstić information content (AvgIpc) is 2.51. The van der Waals surface area contributed by atoms with Gasteiger partial charge in [-0.1, -0.05) is 6.07 Å². The smallest absolute Gasteiger partial charge is 0.347 e. The van der Waals surface area contributed by atoms with Crippen LogP contribution in [0.25, 0.3) is 0 Å². The van der Waals surface area contributed by atoms with Gasteiger partial charge < -0.3 is 10.2 Å². The molecule has 24 heavy (non-hydrogen) atoms. The predicted molar refractivity (Wildman–Crippen MR) is 81.6 cm³/mol. The highest BCUT2D eigenvalue weighted by Crippen LogP contribution is 2.31. The zero-order valence-electron chi connectivity index (χ0n) is 13.3. The van der Waals surface area contributed by atoms with E-state index in [9.17, 15) is 18.0 Å². The van der Waals surface area contributed by atoms with E-state index in [1.54, 1.807) is 19.0 Å². The molecule has 0 unspecified atom stereocenters. The minimum atomic E-state index is -4.68. The first kappa shape index (κ1) is 17.6. The van der Waals surface area contributed by atoms with Gasteiger partial charge in [-0.2, -0.15) is 13.2 Å². The third-order valence-corrected chi connectivity index (χ3v) is 3.20. The van der Waals surface area contributed by atoms with E-state index < -0.39 is 18.1 Å². The lowest BCUT2D eigenvalue weighted by atomic mass is 10.1. The number of rotatable bonds is 4. The van der Waals surface area contributed by atoms with Crippen LogP contribution in [0.5, 0.6) is 0 Å². The average molecular weight is 339 g/mol. The van der Waals surface area contributed by atoms with Gasteiger partial charge in [0, 0.05) is 26.5 Å². The Labute approximate surface area is 136 Å². The first-order valence-electron chi connectivity index (χ1n) is 6.99. The standard InChI is InChI=1S/C15H16F3N5O/c1-9-10(8-20-14(21-9)23(2)3)13(24)22-12(15(16,17)18)11-6-4-5-7-19-11/h4-8,12H,1-3H3,(H,22,24)/t12-/m1/s1. The molecular formula is C15H16F3N5O. The Hall–Kier alpha value is -2.71. The molecule has 0 bridgehead atoms. The number of carbonyl (C=O) groups is 1. The first-order valence-corrected chi connectivity index (χ1v) is 6.99. The largest absolute Gasteiger partial charge is 0.414 e. The number of nitrogens with one attached hydrogen (secondary N) is 1. The summed E-state index contributed by atoms with van der Waals surface area (Å²) >= 11 is 0. The third-order valence-electron chi connectivity index (χ3n) is 3.20. The van der Waals surface area contributed by atoms with E-state index in [1.807, 2.05) is 5.32 Å². The van der Waals surface area contributed by atoms with Crippen molar-refractivity contribution in [2.24, 2.45) is 0 Å². The fourth-order valence-electron chi connectivity index (χ4n) is 1.97. The number of amides is 1.